The monoisotopic (exact) mass is 530 g/mol. The lowest BCUT2D eigenvalue weighted by atomic mass is 9.80. The fourth-order valence-electron chi connectivity index (χ4n) is 5.44. The van der Waals surface area contributed by atoms with Crippen LogP contribution in [-0.2, 0) is 9.53 Å². The summed E-state index contributed by atoms with van der Waals surface area (Å²) < 4.78 is 7.04. The molecule has 2 atom stereocenters. The van der Waals surface area contributed by atoms with Crippen LogP contribution >= 0.6 is 23.2 Å². The molecule has 0 amide bonds. The number of aryl methyl sites for hydroxylation is 1. The molecular weight excluding hydrogens is 499 g/mol. The number of fused-ring (bicyclic) bond motifs is 1. The summed E-state index contributed by atoms with van der Waals surface area (Å²) in [6.07, 6.45) is 4.18. The van der Waals surface area contributed by atoms with E-state index in [0.29, 0.717) is 35.0 Å². The number of hydrogen-bond donors (Lipinski definition) is 0. The molecule has 0 bridgehead atoms. The van der Waals surface area contributed by atoms with E-state index in [2.05, 4.69) is 16.7 Å². The van der Waals surface area contributed by atoms with E-state index in [0.717, 1.165) is 60.8 Å². The summed E-state index contributed by atoms with van der Waals surface area (Å²) in [5.41, 5.74) is 3.33. The van der Waals surface area contributed by atoms with Crippen molar-refractivity contribution in [2.24, 2.45) is 11.8 Å². The Balaban J connectivity index is 1.29. The highest BCUT2D eigenvalue weighted by molar-refractivity contribution is 6.35. The van der Waals surface area contributed by atoms with Crippen molar-refractivity contribution < 1.29 is 9.53 Å². The van der Waals surface area contributed by atoms with Crippen molar-refractivity contribution >= 4 is 46.2 Å². The second-order valence-electron chi connectivity index (χ2n) is 9.88. The van der Waals surface area contributed by atoms with Gasteiger partial charge < -0.3 is 9.64 Å². The van der Waals surface area contributed by atoms with Crippen LogP contribution in [0.15, 0.2) is 24.4 Å². The zero-order valence-corrected chi connectivity index (χ0v) is 22.5. The molecule has 0 aliphatic carbocycles. The lowest BCUT2D eigenvalue weighted by Crippen LogP contribution is -2.54. The maximum absolute atomic E-state index is 11.9. The molecule has 2 aromatic heterocycles. The first-order valence-corrected chi connectivity index (χ1v) is 13.4. The van der Waals surface area contributed by atoms with Crippen molar-refractivity contribution in [3.05, 3.63) is 45.7 Å². The molecule has 2 aliphatic rings. The third kappa shape index (κ3) is 5.04. The smallest absolute Gasteiger partial charge is 0.320 e. The largest absolute Gasteiger partial charge is 0.465 e. The van der Waals surface area contributed by atoms with Crippen LogP contribution < -0.4 is 4.90 Å². The van der Waals surface area contributed by atoms with Crippen LogP contribution in [0.3, 0.4) is 0 Å². The highest BCUT2D eigenvalue weighted by atomic mass is 35.5. The third-order valence-corrected chi connectivity index (χ3v) is 8.00. The number of anilines is 1. The van der Waals surface area contributed by atoms with Gasteiger partial charge in [0.25, 0.3) is 0 Å². The van der Waals surface area contributed by atoms with Crippen molar-refractivity contribution in [1.82, 2.24) is 24.6 Å². The average molecular weight is 531 g/mol. The summed E-state index contributed by atoms with van der Waals surface area (Å²) in [7, 11) is 0. The molecule has 8 nitrogen and oxygen atoms in total. The number of benzene rings is 1. The zero-order valence-electron chi connectivity index (χ0n) is 21.0. The molecule has 192 valence electrons. The van der Waals surface area contributed by atoms with Crippen LogP contribution in [0.1, 0.15) is 44.0 Å². The van der Waals surface area contributed by atoms with Crippen LogP contribution in [0.5, 0.6) is 0 Å². The Morgan fingerprint density at radius 1 is 1.22 bits per heavy atom. The first kappa shape index (κ1) is 25.2. The normalized spacial score (nSPS) is 19.9. The highest BCUT2D eigenvalue weighted by Gasteiger charge is 2.37. The topological polar surface area (TPSA) is 76.4 Å². The van der Waals surface area contributed by atoms with Gasteiger partial charge in [0.05, 0.1) is 31.1 Å². The van der Waals surface area contributed by atoms with Gasteiger partial charge in [-0.05, 0) is 69.7 Å². The number of ether oxygens (including phenoxy) is 1. The van der Waals surface area contributed by atoms with Crippen LogP contribution in [0.2, 0.25) is 10.0 Å². The number of piperidine rings is 1. The lowest BCUT2D eigenvalue weighted by molar-refractivity contribution is -0.145. The van der Waals surface area contributed by atoms with Crippen molar-refractivity contribution in [2.75, 3.05) is 44.2 Å². The molecule has 0 spiro atoms. The minimum Gasteiger partial charge on any atom is -0.465 e. The quantitative estimate of drug-likeness (QED) is 0.407. The predicted molar refractivity (Wildman–Crippen MR) is 142 cm³/mol. The van der Waals surface area contributed by atoms with Gasteiger partial charge in [0.1, 0.15) is 11.3 Å². The average Bonchev–Trinajstić information content (AvgIpc) is 3.14. The number of rotatable bonds is 7. The SMILES string of the molecule is CCOC(=O)CN1CCC[C@H](C2CN(c3cnc4c(C)nn([C@H](C)c5ccc(Cl)cc5Cl)c4n3)C2)C1. The predicted octanol–water partition coefficient (Wildman–Crippen LogP) is 4.76. The molecule has 2 aliphatic heterocycles. The van der Waals surface area contributed by atoms with Gasteiger partial charge in [0.15, 0.2) is 5.65 Å². The van der Waals surface area contributed by atoms with Gasteiger partial charge in [-0.15, -0.1) is 0 Å². The number of nitrogens with zero attached hydrogens (tertiary/aromatic N) is 6. The van der Waals surface area contributed by atoms with E-state index in [9.17, 15) is 4.79 Å². The molecule has 10 heteroatoms. The first-order valence-electron chi connectivity index (χ1n) is 12.6. The molecule has 0 N–H and O–H groups in total. The van der Waals surface area contributed by atoms with E-state index in [4.69, 9.17) is 43.0 Å². The maximum Gasteiger partial charge on any atom is 0.320 e. The summed E-state index contributed by atoms with van der Waals surface area (Å²) in [5, 5.41) is 5.96. The van der Waals surface area contributed by atoms with E-state index < -0.39 is 0 Å². The molecule has 5 rings (SSSR count). The Labute approximate surface area is 221 Å². The van der Waals surface area contributed by atoms with Gasteiger partial charge in [0, 0.05) is 29.7 Å². The zero-order chi connectivity index (χ0) is 25.4. The highest BCUT2D eigenvalue weighted by Crippen LogP contribution is 2.35. The summed E-state index contributed by atoms with van der Waals surface area (Å²) in [6, 6.07) is 5.41. The molecule has 4 heterocycles. The molecule has 36 heavy (non-hydrogen) atoms. The second kappa shape index (κ2) is 10.5. The summed E-state index contributed by atoms with van der Waals surface area (Å²) in [6.45, 7) is 10.5. The van der Waals surface area contributed by atoms with Gasteiger partial charge >= 0.3 is 5.97 Å². The van der Waals surface area contributed by atoms with Crippen molar-refractivity contribution in [3.63, 3.8) is 0 Å². The Bertz CT molecular complexity index is 1260. The molecule has 1 aromatic carbocycles. The number of halogens is 2. The first-order chi connectivity index (χ1) is 17.3. The number of hydrogen-bond acceptors (Lipinski definition) is 7. The van der Waals surface area contributed by atoms with E-state index in [1.165, 1.54) is 6.42 Å². The minimum absolute atomic E-state index is 0.118. The minimum atomic E-state index is -0.127. The van der Waals surface area contributed by atoms with Gasteiger partial charge in [-0.2, -0.15) is 5.10 Å². The fraction of sp³-hybridized carbons (Fsp3) is 0.538. The molecule has 0 unspecified atom stereocenters. The number of carbonyl (C=O) groups is 1. The number of likely N-dealkylation sites (tertiary alicyclic amines) is 1. The molecular formula is C26H32Cl2N6O2. The van der Waals surface area contributed by atoms with Gasteiger partial charge in [-0.3, -0.25) is 9.69 Å². The number of aromatic nitrogens is 4. The summed E-state index contributed by atoms with van der Waals surface area (Å²) >= 11 is 12.6. The van der Waals surface area contributed by atoms with Crippen molar-refractivity contribution in [2.45, 2.75) is 39.7 Å². The Hall–Kier alpha value is -2.42. The molecule has 2 fully saturated rings. The van der Waals surface area contributed by atoms with E-state index >= 15 is 0 Å². The second-order valence-corrected chi connectivity index (χ2v) is 10.7. The maximum atomic E-state index is 11.9. The van der Waals surface area contributed by atoms with Crippen molar-refractivity contribution in [3.8, 4) is 0 Å². The Morgan fingerprint density at radius 3 is 2.78 bits per heavy atom. The van der Waals surface area contributed by atoms with Crippen LogP contribution in [0.25, 0.3) is 11.2 Å². The number of esters is 1. The van der Waals surface area contributed by atoms with Gasteiger partial charge in [0.2, 0.25) is 0 Å². The number of carbonyl (C=O) groups excluding carboxylic acids is 1. The van der Waals surface area contributed by atoms with Crippen molar-refractivity contribution in [1.29, 1.82) is 0 Å². The Morgan fingerprint density at radius 2 is 2.03 bits per heavy atom. The molecule has 3 aromatic rings. The molecule has 0 saturated carbocycles. The van der Waals surface area contributed by atoms with E-state index in [1.807, 2.05) is 36.9 Å². The fourth-order valence-corrected chi connectivity index (χ4v) is 6.01. The van der Waals surface area contributed by atoms with Gasteiger partial charge in [-0.25, -0.2) is 14.6 Å². The Kier molecular flexibility index (Phi) is 7.37. The summed E-state index contributed by atoms with van der Waals surface area (Å²) in [5.74, 6) is 1.92. The standard InChI is InChI=1S/C26H32Cl2N6O2/c1-4-36-24(35)15-32-9-5-6-18(12-32)19-13-33(14-19)23-11-29-25-16(2)31-34(26(25)30-23)17(3)21-8-7-20(27)10-22(21)28/h7-8,10-11,17-19H,4-6,9,12-15H2,1-3H3/t17-,18+/m1/s1. The van der Waals surface area contributed by atoms with Crippen LogP contribution in [0.4, 0.5) is 5.82 Å². The lowest BCUT2D eigenvalue weighted by Gasteiger charge is -2.46. The third-order valence-electron chi connectivity index (χ3n) is 7.44. The molecule has 2 saturated heterocycles. The van der Waals surface area contributed by atoms with Crippen LogP contribution in [-0.4, -0.2) is 69.9 Å². The molecule has 0 radical (unpaired) electrons. The van der Waals surface area contributed by atoms with E-state index in [-0.39, 0.29) is 12.0 Å². The van der Waals surface area contributed by atoms with E-state index in [1.54, 1.807) is 6.07 Å². The summed E-state index contributed by atoms with van der Waals surface area (Å²) in [4.78, 5) is 26.1. The van der Waals surface area contributed by atoms with Crippen LogP contribution in [0, 0.1) is 18.8 Å². The van der Waals surface area contributed by atoms with Gasteiger partial charge in [-0.1, -0.05) is 29.3 Å².